The third-order valence-electron chi connectivity index (χ3n) is 5.91. The number of nitrogens with one attached hydrogen (secondary N) is 1. The molecule has 3 fully saturated rings. The number of nitrogens with zero attached hydrogens (tertiary/aromatic N) is 1. The second-order valence-corrected chi connectivity index (χ2v) is 8.29. The summed E-state index contributed by atoms with van der Waals surface area (Å²) in [5.41, 5.74) is 1.42. The lowest BCUT2D eigenvalue weighted by molar-refractivity contribution is -0.118. The first kappa shape index (κ1) is 16.4. The Bertz CT molecular complexity index is 596. The molecule has 0 aliphatic carbocycles. The second-order valence-electron chi connectivity index (χ2n) is 7.42. The zero-order valence-corrected chi connectivity index (χ0v) is 15.1. The summed E-state index contributed by atoms with van der Waals surface area (Å²) >= 11 is 1.58. The molecule has 1 aromatic rings. The molecule has 130 valence electrons. The number of amides is 1. The topological polar surface area (TPSA) is 41.6 Å². The third-order valence-corrected chi connectivity index (χ3v) is 6.46. The van der Waals surface area contributed by atoms with Crippen molar-refractivity contribution in [3.63, 3.8) is 0 Å². The molecule has 3 aliphatic heterocycles. The van der Waals surface area contributed by atoms with Gasteiger partial charge in [0.2, 0.25) is 5.91 Å². The van der Waals surface area contributed by atoms with E-state index in [1.54, 1.807) is 11.8 Å². The summed E-state index contributed by atoms with van der Waals surface area (Å²) in [7, 11) is 0. The minimum atomic E-state index is 0.0499. The van der Waals surface area contributed by atoms with E-state index in [2.05, 4.69) is 40.5 Å². The average Bonchev–Trinajstić information content (AvgIpc) is 3.22. The Kier molecular flexibility index (Phi) is 4.58. The molecule has 4 atom stereocenters. The maximum Gasteiger partial charge on any atom is 0.229 e. The SMILES string of the molecule is CSCC(=O)NC[C@H]1[C@H]2CN(Cc3ccccc3)C[C@]23CC[C@H]1O3. The van der Waals surface area contributed by atoms with Gasteiger partial charge in [0.15, 0.2) is 0 Å². The molecule has 2 bridgehead atoms. The van der Waals surface area contributed by atoms with Crippen LogP contribution in [-0.4, -0.2) is 54.2 Å². The van der Waals surface area contributed by atoms with Gasteiger partial charge in [-0.1, -0.05) is 30.3 Å². The van der Waals surface area contributed by atoms with E-state index in [9.17, 15) is 4.79 Å². The predicted octanol–water partition coefficient (Wildman–Crippen LogP) is 2.15. The van der Waals surface area contributed by atoms with E-state index in [-0.39, 0.29) is 11.5 Å². The molecule has 0 aromatic heterocycles. The van der Waals surface area contributed by atoms with Crippen molar-refractivity contribution in [1.29, 1.82) is 0 Å². The van der Waals surface area contributed by atoms with Crippen molar-refractivity contribution < 1.29 is 9.53 Å². The molecular weight excluding hydrogens is 320 g/mol. The molecule has 1 amide bonds. The minimum absolute atomic E-state index is 0.0499. The van der Waals surface area contributed by atoms with Gasteiger partial charge in [0, 0.05) is 38.0 Å². The summed E-state index contributed by atoms with van der Waals surface area (Å²) in [6.07, 6.45) is 4.65. The Morgan fingerprint density at radius 3 is 3.04 bits per heavy atom. The van der Waals surface area contributed by atoms with Crippen molar-refractivity contribution in [2.45, 2.75) is 31.1 Å². The number of carbonyl (C=O) groups is 1. The lowest BCUT2D eigenvalue weighted by Gasteiger charge is -2.29. The highest BCUT2D eigenvalue weighted by atomic mass is 32.2. The summed E-state index contributed by atoms with van der Waals surface area (Å²) in [6.45, 7) is 3.90. The van der Waals surface area contributed by atoms with Crippen LogP contribution in [0.1, 0.15) is 18.4 Å². The van der Waals surface area contributed by atoms with E-state index in [4.69, 9.17) is 4.74 Å². The van der Waals surface area contributed by atoms with Crippen LogP contribution in [0.2, 0.25) is 0 Å². The van der Waals surface area contributed by atoms with Gasteiger partial charge in [-0.2, -0.15) is 11.8 Å². The van der Waals surface area contributed by atoms with Crippen LogP contribution in [0.25, 0.3) is 0 Å². The van der Waals surface area contributed by atoms with Crippen LogP contribution in [0.4, 0.5) is 0 Å². The van der Waals surface area contributed by atoms with E-state index < -0.39 is 0 Å². The number of carbonyl (C=O) groups excluding carboxylic acids is 1. The molecule has 1 aromatic carbocycles. The van der Waals surface area contributed by atoms with Crippen molar-refractivity contribution in [3.05, 3.63) is 35.9 Å². The fourth-order valence-electron chi connectivity index (χ4n) is 4.94. The molecule has 3 heterocycles. The third kappa shape index (κ3) is 2.98. The van der Waals surface area contributed by atoms with E-state index in [1.807, 2.05) is 6.26 Å². The molecule has 4 nitrogen and oxygen atoms in total. The van der Waals surface area contributed by atoms with Crippen molar-refractivity contribution in [3.8, 4) is 0 Å². The highest BCUT2D eigenvalue weighted by molar-refractivity contribution is 7.99. The molecular formula is C19H26N2O2S. The van der Waals surface area contributed by atoms with Gasteiger partial charge in [0.1, 0.15) is 0 Å². The summed E-state index contributed by atoms with van der Waals surface area (Å²) in [4.78, 5) is 14.4. The maximum absolute atomic E-state index is 11.8. The van der Waals surface area contributed by atoms with Gasteiger partial charge in [-0.25, -0.2) is 0 Å². The van der Waals surface area contributed by atoms with Crippen LogP contribution in [-0.2, 0) is 16.1 Å². The number of ether oxygens (including phenoxy) is 1. The maximum atomic E-state index is 11.8. The van der Waals surface area contributed by atoms with Gasteiger partial charge in [-0.05, 0) is 24.7 Å². The summed E-state index contributed by atoms with van der Waals surface area (Å²) < 4.78 is 6.46. The first-order valence-corrected chi connectivity index (χ1v) is 10.3. The highest BCUT2D eigenvalue weighted by Gasteiger charge is 2.62. The van der Waals surface area contributed by atoms with Gasteiger partial charge in [-0.3, -0.25) is 9.69 Å². The molecule has 0 radical (unpaired) electrons. The number of benzene rings is 1. The van der Waals surface area contributed by atoms with E-state index in [0.717, 1.165) is 32.6 Å². The molecule has 3 saturated heterocycles. The van der Waals surface area contributed by atoms with Gasteiger partial charge >= 0.3 is 0 Å². The average molecular weight is 346 g/mol. The zero-order valence-electron chi connectivity index (χ0n) is 14.2. The van der Waals surface area contributed by atoms with Crippen LogP contribution in [0, 0.1) is 11.8 Å². The molecule has 3 aliphatic rings. The zero-order chi connectivity index (χ0) is 16.6. The largest absolute Gasteiger partial charge is 0.370 e. The summed E-state index contributed by atoms with van der Waals surface area (Å²) in [6, 6.07) is 10.7. The monoisotopic (exact) mass is 346 g/mol. The van der Waals surface area contributed by atoms with Gasteiger partial charge in [-0.15, -0.1) is 0 Å². The van der Waals surface area contributed by atoms with Crippen molar-refractivity contribution in [1.82, 2.24) is 10.2 Å². The van der Waals surface area contributed by atoms with E-state index >= 15 is 0 Å². The number of hydrogen-bond donors (Lipinski definition) is 1. The lowest BCUT2D eigenvalue weighted by Crippen LogP contribution is -2.42. The van der Waals surface area contributed by atoms with Crippen molar-refractivity contribution in [2.75, 3.05) is 31.6 Å². The van der Waals surface area contributed by atoms with Gasteiger partial charge in [0.25, 0.3) is 0 Å². The molecule has 0 saturated carbocycles. The van der Waals surface area contributed by atoms with Crippen LogP contribution in [0.3, 0.4) is 0 Å². The molecule has 24 heavy (non-hydrogen) atoms. The van der Waals surface area contributed by atoms with Gasteiger partial charge < -0.3 is 10.1 Å². The van der Waals surface area contributed by atoms with Crippen LogP contribution < -0.4 is 5.32 Å². The van der Waals surface area contributed by atoms with Crippen LogP contribution >= 0.6 is 11.8 Å². The highest BCUT2D eigenvalue weighted by Crippen LogP contribution is 2.54. The first-order chi connectivity index (χ1) is 11.7. The lowest BCUT2D eigenvalue weighted by atomic mass is 9.73. The quantitative estimate of drug-likeness (QED) is 0.857. The number of rotatable bonds is 6. The fourth-order valence-corrected chi connectivity index (χ4v) is 5.30. The van der Waals surface area contributed by atoms with Gasteiger partial charge in [0.05, 0.1) is 17.5 Å². The predicted molar refractivity (Wildman–Crippen MR) is 96.9 cm³/mol. The molecule has 4 rings (SSSR count). The van der Waals surface area contributed by atoms with E-state index in [1.165, 1.54) is 12.0 Å². The standard InChI is InChI=1S/C19H26N2O2S/c1-24-12-18(22)20-9-15-16-11-21(10-14-5-3-2-4-6-14)13-19(16)8-7-17(15)23-19/h2-6,15-17H,7-13H2,1H3,(H,20,22)/t15-,16+,17+,19+/m0/s1. The molecule has 1 spiro atoms. The Hall–Kier alpha value is -1.04. The molecule has 1 N–H and O–H groups in total. The smallest absolute Gasteiger partial charge is 0.229 e. The Morgan fingerprint density at radius 1 is 1.42 bits per heavy atom. The van der Waals surface area contributed by atoms with E-state index in [0.29, 0.717) is 23.7 Å². The van der Waals surface area contributed by atoms with Crippen molar-refractivity contribution in [2.24, 2.45) is 11.8 Å². The first-order valence-electron chi connectivity index (χ1n) is 8.90. The van der Waals surface area contributed by atoms with Crippen molar-refractivity contribution >= 4 is 17.7 Å². The summed E-state index contributed by atoms with van der Waals surface area (Å²) in [5.74, 6) is 1.74. The Morgan fingerprint density at radius 2 is 2.25 bits per heavy atom. The minimum Gasteiger partial charge on any atom is -0.370 e. The van der Waals surface area contributed by atoms with Crippen LogP contribution in [0.15, 0.2) is 30.3 Å². The molecule has 0 unspecified atom stereocenters. The normalized spacial score (nSPS) is 34.5. The number of thioether (sulfide) groups is 1. The second kappa shape index (κ2) is 6.70. The number of likely N-dealkylation sites (tertiary alicyclic amines) is 1. The summed E-state index contributed by atoms with van der Waals surface area (Å²) in [5, 5.41) is 3.13. The van der Waals surface area contributed by atoms with Crippen LogP contribution in [0.5, 0.6) is 0 Å². The molecule has 5 heteroatoms. The number of fused-ring (bicyclic) bond motifs is 1. The number of hydrogen-bond acceptors (Lipinski definition) is 4. The fraction of sp³-hybridized carbons (Fsp3) is 0.632. The Balaban J connectivity index is 1.40. The Labute approximate surface area is 148 Å².